The van der Waals surface area contributed by atoms with Gasteiger partial charge in [-0.1, -0.05) is 0 Å². The molecule has 1 N–H and O–H groups in total. The van der Waals surface area contributed by atoms with Crippen LogP contribution in [0.15, 0.2) is 34.9 Å². The molecular weight excluding hydrogens is 303 g/mol. The summed E-state index contributed by atoms with van der Waals surface area (Å²) in [4.78, 5) is 4.58. The predicted molar refractivity (Wildman–Crippen MR) is 89.6 cm³/mol. The van der Waals surface area contributed by atoms with Crippen molar-refractivity contribution in [1.82, 2.24) is 10.3 Å². The Morgan fingerprint density at radius 1 is 1.04 bits per heavy atom. The van der Waals surface area contributed by atoms with Gasteiger partial charge in [-0.25, -0.2) is 9.37 Å². The molecule has 0 unspecified atom stereocenters. The van der Waals surface area contributed by atoms with Gasteiger partial charge in [-0.2, -0.15) is 0 Å². The van der Waals surface area contributed by atoms with Crippen LogP contribution in [0.2, 0.25) is 0 Å². The van der Waals surface area contributed by atoms with E-state index in [0.717, 1.165) is 35.6 Å². The fraction of sp³-hybridized carbons (Fsp3) is 0.550. The zero-order valence-electron chi connectivity index (χ0n) is 13.8. The SMILES string of the molecule is Fc1ccc(-c2nc(CNC34CC5CC(CC(C5)C3)C4)co2)cc1. The van der Waals surface area contributed by atoms with E-state index in [2.05, 4.69) is 10.3 Å². The molecule has 6 rings (SSSR count). The van der Waals surface area contributed by atoms with E-state index in [1.807, 2.05) is 0 Å². The average molecular weight is 326 g/mol. The van der Waals surface area contributed by atoms with Gasteiger partial charge in [0.15, 0.2) is 0 Å². The number of oxazole rings is 1. The molecule has 4 heteroatoms. The first-order chi connectivity index (χ1) is 11.7. The van der Waals surface area contributed by atoms with Crippen LogP contribution in [-0.2, 0) is 6.54 Å². The molecular formula is C20H23FN2O. The molecule has 0 amide bonds. The first kappa shape index (κ1) is 14.6. The first-order valence-electron chi connectivity index (χ1n) is 9.13. The third-order valence-electron chi connectivity index (χ3n) is 6.33. The first-order valence-corrected chi connectivity index (χ1v) is 9.13. The number of hydrogen-bond donors (Lipinski definition) is 1. The van der Waals surface area contributed by atoms with Gasteiger partial charge in [0.05, 0.1) is 5.69 Å². The fourth-order valence-corrected chi connectivity index (χ4v) is 5.72. The van der Waals surface area contributed by atoms with Crippen molar-refractivity contribution in [1.29, 1.82) is 0 Å². The Kier molecular flexibility index (Phi) is 3.30. The molecule has 4 bridgehead atoms. The number of nitrogens with zero attached hydrogens (tertiary/aromatic N) is 1. The Bertz CT molecular complexity index is 701. The number of halogens is 1. The van der Waals surface area contributed by atoms with E-state index in [4.69, 9.17) is 4.42 Å². The second kappa shape index (κ2) is 5.41. The summed E-state index contributed by atoms with van der Waals surface area (Å²) in [5.41, 5.74) is 2.09. The summed E-state index contributed by atoms with van der Waals surface area (Å²) in [5.74, 6) is 3.15. The second-order valence-electron chi connectivity index (χ2n) is 8.20. The van der Waals surface area contributed by atoms with E-state index < -0.39 is 0 Å². The van der Waals surface area contributed by atoms with E-state index in [1.165, 1.54) is 50.7 Å². The quantitative estimate of drug-likeness (QED) is 0.896. The lowest BCUT2D eigenvalue weighted by atomic mass is 9.53. The molecule has 4 saturated carbocycles. The van der Waals surface area contributed by atoms with Gasteiger partial charge >= 0.3 is 0 Å². The van der Waals surface area contributed by atoms with Crippen LogP contribution < -0.4 is 5.32 Å². The van der Waals surface area contributed by atoms with E-state index in [-0.39, 0.29) is 5.82 Å². The molecule has 2 aromatic rings. The van der Waals surface area contributed by atoms with Crippen molar-refractivity contribution in [2.45, 2.75) is 50.6 Å². The van der Waals surface area contributed by atoms with Gasteiger partial charge in [-0.3, -0.25) is 0 Å². The maximum Gasteiger partial charge on any atom is 0.226 e. The lowest BCUT2D eigenvalue weighted by Crippen LogP contribution is -2.58. The molecule has 126 valence electrons. The molecule has 1 heterocycles. The maximum absolute atomic E-state index is 13.0. The van der Waals surface area contributed by atoms with Crippen molar-refractivity contribution in [3.8, 4) is 11.5 Å². The van der Waals surface area contributed by atoms with Crippen LogP contribution in [0.3, 0.4) is 0 Å². The Balaban J connectivity index is 1.28. The van der Waals surface area contributed by atoms with Crippen LogP contribution in [0.25, 0.3) is 11.5 Å². The summed E-state index contributed by atoms with van der Waals surface area (Å²) < 4.78 is 18.6. The Labute approximate surface area is 141 Å². The van der Waals surface area contributed by atoms with Crippen LogP contribution in [0, 0.1) is 23.6 Å². The fourth-order valence-electron chi connectivity index (χ4n) is 5.72. The third-order valence-corrected chi connectivity index (χ3v) is 6.33. The molecule has 4 aliphatic carbocycles. The summed E-state index contributed by atoms with van der Waals surface area (Å²) in [5, 5.41) is 3.83. The molecule has 0 spiro atoms. The standard InChI is InChI=1S/C20H23FN2O/c21-17-3-1-16(2-4-17)19-23-18(12-24-19)11-22-20-8-13-5-14(9-20)7-15(6-13)10-20/h1-4,12-15,22H,5-11H2. The van der Waals surface area contributed by atoms with Crippen LogP contribution in [0.5, 0.6) is 0 Å². The van der Waals surface area contributed by atoms with Crippen LogP contribution in [0.1, 0.15) is 44.2 Å². The number of benzene rings is 1. The zero-order chi connectivity index (χ0) is 16.1. The summed E-state index contributed by atoms with van der Waals surface area (Å²) in [6, 6.07) is 6.29. The highest BCUT2D eigenvalue weighted by atomic mass is 19.1. The van der Waals surface area contributed by atoms with Gasteiger partial charge in [-0.05, 0) is 80.5 Å². The summed E-state index contributed by atoms with van der Waals surface area (Å²) in [7, 11) is 0. The molecule has 0 radical (unpaired) electrons. The van der Waals surface area contributed by atoms with Crippen molar-refractivity contribution < 1.29 is 8.81 Å². The normalized spacial score (nSPS) is 34.0. The molecule has 4 aliphatic rings. The lowest BCUT2D eigenvalue weighted by Gasteiger charge is -2.57. The van der Waals surface area contributed by atoms with E-state index in [9.17, 15) is 4.39 Å². The van der Waals surface area contributed by atoms with Gasteiger partial charge in [0, 0.05) is 17.6 Å². The van der Waals surface area contributed by atoms with Crippen molar-refractivity contribution in [3.05, 3.63) is 42.0 Å². The van der Waals surface area contributed by atoms with E-state index >= 15 is 0 Å². The van der Waals surface area contributed by atoms with Gasteiger partial charge in [-0.15, -0.1) is 0 Å². The Morgan fingerprint density at radius 2 is 1.67 bits per heavy atom. The van der Waals surface area contributed by atoms with Crippen LogP contribution >= 0.6 is 0 Å². The van der Waals surface area contributed by atoms with Crippen molar-refractivity contribution in [2.75, 3.05) is 0 Å². The molecule has 4 fully saturated rings. The number of hydrogen-bond acceptors (Lipinski definition) is 3. The van der Waals surface area contributed by atoms with Crippen molar-refractivity contribution in [2.24, 2.45) is 17.8 Å². The highest BCUT2D eigenvalue weighted by molar-refractivity contribution is 5.52. The summed E-state index contributed by atoms with van der Waals surface area (Å²) in [6.45, 7) is 0.761. The van der Waals surface area contributed by atoms with Crippen molar-refractivity contribution >= 4 is 0 Å². The minimum Gasteiger partial charge on any atom is -0.444 e. The van der Waals surface area contributed by atoms with Gasteiger partial charge in [0.1, 0.15) is 12.1 Å². The summed E-state index contributed by atoms with van der Waals surface area (Å²) in [6.07, 6.45) is 10.1. The van der Waals surface area contributed by atoms with Crippen molar-refractivity contribution in [3.63, 3.8) is 0 Å². The third kappa shape index (κ3) is 2.57. The topological polar surface area (TPSA) is 38.1 Å². The van der Waals surface area contributed by atoms with Gasteiger partial charge in [0.2, 0.25) is 5.89 Å². The smallest absolute Gasteiger partial charge is 0.226 e. The van der Waals surface area contributed by atoms with E-state index in [1.54, 1.807) is 18.4 Å². The number of aromatic nitrogens is 1. The Morgan fingerprint density at radius 3 is 2.29 bits per heavy atom. The monoisotopic (exact) mass is 326 g/mol. The molecule has 0 aliphatic heterocycles. The Hall–Kier alpha value is -1.68. The van der Waals surface area contributed by atoms with Crippen LogP contribution in [0.4, 0.5) is 4.39 Å². The highest BCUT2D eigenvalue weighted by Gasteiger charge is 2.50. The lowest BCUT2D eigenvalue weighted by molar-refractivity contribution is -0.0207. The molecule has 3 nitrogen and oxygen atoms in total. The van der Waals surface area contributed by atoms with Gasteiger partial charge in [0.25, 0.3) is 0 Å². The molecule has 0 atom stereocenters. The molecule has 0 saturated heterocycles. The molecule has 1 aromatic heterocycles. The zero-order valence-corrected chi connectivity index (χ0v) is 13.8. The predicted octanol–water partition coefficient (Wildman–Crippen LogP) is 4.54. The number of nitrogens with one attached hydrogen (secondary N) is 1. The minimum atomic E-state index is -0.242. The van der Waals surface area contributed by atoms with Crippen LogP contribution in [-0.4, -0.2) is 10.5 Å². The van der Waals surface area contributed by atoms with Gasteiger partial charge < -0.3 is 9.73 Å². The maximum atomic E-state index is 13.0. The molecule has 24 heavy (non-hydrogen) atoms. The molecule has 1 aromatic carbocycles. The number of rotatable bonds is 4. The minimum absolute atomic E-state index is 0.242. The van der Waals surface area contributed by atoms with E-state index in [0.29, 0.717) is 11.4 Å². The highest BCUT2D eigenvalue weighted by Crippen LogP contribution is 2.55. The average Bonchev–Trinajstić information content (AvgIpc) is 3.01. The summed E-state index contributed by atoms with van der Waals surface area (Å²) >= 11 is 0. The largest absolute Gasteiger partial charge is 0.444 e. The second-order valence-corrected chi connectivity index (χ2v) is 8.20.